The third kappa shape index (κ3) is 2.44. The monoisotopic (exact) mass is 273 g/mol. The molecule has 19 heavy (non-hydrogen) atoms. The Bertz CT molecular complexity index is 669. The Morgan fingerprint density at radius 2 is 1.95 bits per heavy atom. The highest BCUT2D eigenvalue weighted by atomic mass is 35.5. The highest BCUT2D eigenvalue weighted by molar-refractivity contribution is 6.30. The zero-order valence-corrected chi connectivity index (χ0v) is 10.4. The molecule has 0 radical (unpaired) electrons. The number of cyclic esters (lactones) is 1. The van der Waals surface area contributed by atoms with Crippen molar-refractivity contribution in [1.82, 2.24) is 0 Å². The van der Waals surface area contributed by atoms with Gasteiger partial charge in [0.05, 0.1) is 6.26 Å². The molecule has 0 atom stereocenters. The molecule has 0 N–H and O–H groups in total. The zero-order chi connectivity index (χ0) is 13.2. The molecule has 0 amide bonds. The Morgan fingerprint density at radius 3 is 2.63 bits per heavy atom. The van der Waals surface area contributed by atoms with E-state index >= 15 is 0 Å². The molecule has 1 aliphatic heterocycles. The third-order valence-electron chi connectivity index (χ3n) is 2.53. The van der Waals surface area contributed by atoms with Crippen LogP contribution in [0.25, 0.3) is 6.08 Å². The first kappa shape index (κ1) is 11.7. The second-order valence-electron chi connectivity index (χ2n) is 3.86. The van der Waals surface area contributed by atoms with E-state index in [4.69, 9.17) is 20.8 Å². The molecule has 0 aliphatic carbocycles. The molecule has 0 unspecified atom stereocenters. The normalized spacial score (nSPS) is 16.6. The first-order valence-electron chi connectivity index (χ1n) is 5.54. The van der Waals surface area contributed by atoms with Gasteiger partial charge in [-0.05, 0) is 36.4 Å². The summed E-state index contributed by atoms with van der Waals surface area (Å²) in [5.41, 5.74) is 0.903. The van der Waals surface area contributed by atoms with Crippen LogP contribution in [0.15, 0.2) is 57.8 Å². The summed E-state index contributed by atoms with van der Waals surface area (Å²) in [6, 6.07) is 10.4. The van der Waals surface area contributed by atoms with E-state index < -0.39 is 5.97 Å². The van der Waals surface area contributed by atoms with Crippen molar-refractivity contribution < 1.29 is 13.9 Å². The van der Waals surface area contributed by atoms with Gasteiger partial charge < -0.3 is 9.15 Å². The van der Waals surface area contributed by atoms with E-state index in [9.17, 15) is 4.79 Å². The van der Waals surface area contributed by atoms with E-state index in [1.165, 1.54) is 12.3 Å². The van der Waals surface area contributed by atoms with Gasteiger partial charge in [-0.3, -0.25) is 0 Å². The minimum absolute atomic E-state index is 0.208. The van der Waals surface area contributed by atoms with Crippen molar-refractivity contribution in [1.29, 1.82) is 0 Å². The molecular weight excluding hydrogens is 266 g/mol. The summed E-state index contributed by atoms with van der Waals surface area (Å²) in [5.74, 6) is 0.314. The topological polar surface area (TPSA) is 51.8 Å². The molecule has 0 saturated heterocycles. The predicted octanol–water partition coefficient (Wildman–Crippen LogP) is 3.28. The summed E-state index contributed by atoms with van der Waals surface area (Å²) in [6.07, 6.45) is 3.06. The number of carbonyl (C=O) groups is 1. The molecule has 5 heteroatoms. The van der Waals surface area contributed by atoms with Gasteiger partial charge in [0.15, 0.2) is 5.70 Å². The number of nitrogens with zero attached hydrogens (tertiary/aromatic N) is 1. The predicted molar refractivity (Wildman–Crippen MR) is 70.8 cm³/mol. The van der Waals surface area contributed by atoms with Crippen LogP contribution in [0.2, 0.25) is 5.02 Å². The molecule has 2 aromatic rings. The smallest absolute Gasteiger partial charge is 0.363 e. The summed E-state index contributed by atoms with van der Waals surface area (Å²) in [6.45, 7) is 0. The van der Waals surface area contributed by atoms with Gasteiger partial charge in [-0.15, -0.1) is 0 Å². The largest absolute Gasteiger partial charge is 0.465 e. The van der Waals surface area contributed by atoms with Crippen molar-refractivity contribution in [2.45, 2.75) is 0 Å². The summed E-state index contributed by atoms with van der Waals surface area (Å²) in [5, 5.41) is 0.611. The van der Waals surface area contributed by atoms with Crippen LogP contribution < -0.4 is 0 Å². The van der Waals surface area contributed by atoms with Gasteiger partial charge in [0.2, 0.25) is 5.90 Å². The van der Waals surface area contributed by atoms with Gasteiger partial charge >= 0.3 is 5.97 Å². The Morgan fingerprint density at radius 1 is 1.16 bits per heavy atom. The molecule has 0 bridgehead atoms. The van der Waals surface area contributed by atoms with Crippen LogP contribution in [0, 0.1) is 0 Å². The van der Waals surface area contributed by atoms with Crippen molar-refractivity contribution in [2.75, 3.05) is 0 Å². The third-order valence-corrected chi connectivity index (χ3v) is 2.79. The Balaban J connectivity index is 1.93. The fourth-order valence-electron chi connectivity index (χ4n) is 1.63. The van der Waals surface area contributed by atoms with Crippen LogP contribution in [0.4, 0.5) is 0 Å². The van der Waals surface area contributed by atoms with E-state index in [-0.39, 0.29) is 11.6 Å². The maximum absolute atomic E-state index is 11.7. The highest BCUT2D eigenvalue weighted by Gasteiger charge is 2.24. The first-order chi connectivity index (χ1) is 9.22. The summed E-state index contributed by atoms with van der Waals surface area (Å²) in [4.78, 5) is 15.8. The summed E-state index contributed by atoms with van der Waals surface area (Å²) >= 11 is 5.80. The van der Waals surface area contributed by atoms with Crippen molar-refractivity contribution >= 4 is 29.5 Å². The fraction of sp³-hybridized carbons (Fsp3) is 0. The lowest BCUT2D eigenvalue weighted by atomic mass is 10.2. The lowest BCUT2D eigenvalue weighted by Crippen LogP contribution is -2.04. The molecule has 0 fully saturated rings. The number of esters is 1. The van der Waals surface area contributed by atoms with Gasteiger partial charge in [-0.25, -0.2) is 9.79 Å². The van der Waals surface area contributed by atoms with Gasteiger partial charge in [0, 0.05) is 16.7 Å². The maximum Gasteiger partial charge on any atom is 0.363 e. The van der Waals surface area contributed by atoms with Gasteiger partial charge in [0.25, 0.3) is 0 Å². The fourth-order valence-corrected chi connectivity index (χ4v) is 1.76. The van der Waals surface area contributed by atoms with Gasteiger partial charge in [-0.1, -0.05) is 11.6 Å². The lowest BCUT2D eigenvalue weighted by molar-refractivity contribution is -0.129. The number of rotatable bonds is 2. The van der Waals surface area contributed by atoms with Crippen LogP contribution in [0.3, 0.4) is 0 Å². The number of benzene rings is 1. The van der Waals surface area contributed by atoms with E-state index in [0.717, 1.165) is 0 Å². The van der Waals surface area contributed by atoms with Crippen molar-refractivity contribution in [3.05, 3.63) is 64.7 Å². The van der Waals surface area contributed by atoms with E-state index in [1.54, 1.807) is 36.4 Å². The number of hydrogen-bond donors (Lipinski definition) is 0. The Labute approximate surface area is 114 Å². The molecular formula is C14H8ClNO3. The number of furan rings is 1. The quantitative estimate of drug-likeness (QED) is 0.623. The summed E-state index contributed by atoms with van der Waals surface area (Å²) < 4.78 is 10.2. The Kier molecular flexibility index (Phi) is 2.93. The SMILES string of the molecule is O=C1OC(c2ccc(Cl)cc2)=N/C1=C/c1ccco1. The van der Waals surface area contributed by atoms with Crippen molar-refractivity contribution in [3.8, 4) is 0 Å². The minimum atomic E-state index is -0.499. The second kappa shape index (κ2) is 4.74. The average molecular weight is 274 g/mol. The molecule has 4 nitrogen and oxygen atoms in total. The zero-order valence-electron chi connectivity index (χ0n) is 9.67. The first-order valence-corrected chi connectivity index (χ1v) is 5.92. The van der Waals surface area contributed by atoms with Crippen LogP contribution in [-0.2, 0) is 9.53 Å². The number of aliphatic imine (C=N–C) groups is 1. The number of carbonyl (C=O) groups excluding carboxylic acids is 1. The number of halogens is 1. The summed E-state index contributed by atoms with van der Waals surface area (Å²) in [7, 11) is 0. The molecule has 94 valence electrons. The molecule has 1 aliphatic rings. The highest BCUT2D eigenvalue weighted by Crippen LogP contribution is 2.20. The molecule has 1 aromatic carbocycles. The molecule has 1 aromatic heterocycles. The van der Waals surface area contributed by atoms with Crippen molar-refractivity contribution in [2.24, 2.45) is 4.99 Å². The average Bonchev–Trinajstić information content (AvgIpc) is 3.02. The lowest BCUT2D eigenvalue weighted by Gasteiger charge is -1.98. The number of ether oxygens (including phenoxy) is 1. The van der Waals surface area contributed by atoms with E-state index in [1.807, 2.05) is 0 Å². The van der Waals surface area contributed by atoms with E-state index in [2.05, 4.69) is 4.99 Å². The standard InChI is InChI=1S/C14H8ClNO3/c15-10-5-3-9(4-6-10)13-16-12(14(17)19-13)8-11-2-1-7-18-11/h1-8H/b12-8+. The van der Waals surface area contributed by atoms with Crippen LogP contribution in [-0.4, -0.2) is 11.9 Å². The molecule has 3 rings (SSSR count). The van der Waals surface area contributed by atoms with Crippen LogP contribution in [0.5, 0.6) is 0 Å². The van der Waals surface area contributed by atoms with E-state index in [0.29, 0.717) is 16.3 Å². The Hall–Kier alpha value is -2.33. The van der Waals surface area contributed by atoms with Crippen molar-refractivity contribution in [3.63, 3.8) is 0 Å². The van der Waals surface area contributed by atoms with Gasteiger partial charge in [-0.2, -0.15) is 0 Å². The maximum atomic E-state index is 11.7. The molecule has 0 saturated carbocycles. The van der Waals surface area contributed by atoms with Gasteiger partial charge in [0.1, 0.15) is 5.76 Å². The minimum Gasteiger partial charge on any atom is -0.465 e. The second-order valence-corrected chi connectivity index (χ2v) is 4.29. The molecule has 2 heterocycles. The van der Waals surface area contributed by atoms with Crippen LogP contribution >= 0.6 is 11.6 Å². The van der Waals surface area contributed by atoms with Crippen LogP contribution in [0.1, 0.15) is 11.3 Å². The number of hydrogen-bond acceptors (Lipinski definition) is 4. The molecule has 0 spiro atoms.